The van der Waals surface area contributed by atoms with Crippen LogP contribution in [0.1, 0.15) is 23.6 Å². The molecule has 2 rings (SSSR count). The minimum Gasteiger partial charge on any atom is -0.342 e. The van der Waals surface area contributed by atoms with Crippen molar-refractivity contribution in [2.24, 2.45) is 0 Å². The minimum atomic E-state index is -4.44. The highest BCUT2D eigenvalue weighted by molar-refractivity contribution is 5.92. The monoisotopic (exact) mass is 364 g/mol. The largest absolute Gasteiger partial charge is 0.416 e. The van der Waals surface area contributed by atoms with Crippen LogP contribution in [0.4, 0.5) is 18.9 Å². The molecule has 0 aromatic heterocycles. The number of anilines is 1. The zero-order valence-corrected chi connectivity index (χ0v) is 14.4. The summed E-state index contributed by atoms with van der Waals surface area (Å²) in [5.41, 5.74) is 0.859. The van der Waals surface area contributed by atoms with Gasteiger partial charge in [0.25, 0.3) is 0 Å². The van der Waals surface area contributed by atoms with Gasteiger partial charge in [-0.25, -0.2) is 0 Å². The zero-order chi connectivity index (χ0) is 19.3. The predicted molar refractivity (Wildman–Crippen MR) is 92.4 cm³/mol. The first kappa shape index (κ1) is 19.5. The van der Waals surface area contributed by atoms with Crippen LogP contribution in [-0.4, -0.2) is 23.8 Å². The lowest BCUT2D eigenvalue weighted by atomic mass is 10.1. The number of nitrogens with one attached hydrogen (secondary N) is 1. The lowest BCUT2D eigenvalue weighted by Crippen LogP contribution is -2.23. The van der Waals surface area contributed by atoms with E-state index in [0.29, 0.717) is 12.2 Å². The molecule has 0 fully saturated rings. The number of hydrogen-bond donors (Lipinski definition) is 1. The molecule has 0 saturated carbocycles. The van der Waals surface area contributed by atoms with Crippen LogP contribution in [0.15, 0.2) is 48.5 Å². The van der Waals surface area contributed by atoms with E-state index in [4.69, 9.17) is 0 Å². The van der Waals surface area contributed by atoms with Crippen molar-refractivity contribution in [3.63, 3.8) is 0 Å². The van der Waals surface area contributed by atoms with Crippen molar-refractivity contribution in [1.82, 2.24) is 4.90 Å². The topological polar surface area (TPSA) is 49.4 Å². The molecule has 0 spiro atoms. The second kappa shape index (κ2) is 8.03. The molecule has 0 atom stereocenters. The molecule has 0 unspecified atom stereocenters. The van der Waals surface area contributed by atoms with Gasteiger partial charge in [-0.2, -0.15) is 13.2 Å². The van der Waals surface area contributed by atoms with E-state index in [0.717, 1.165) is 17.7 Å². The van der Waals surface area contributed by atoms with E-state index in [-0.39, 0.29) is 17.9 Å². The Kier molecular flexibility index (Phi) is 6.02. The molecule has 0 aliphatic rings. The first-order chi connectivity index (χ1) is 12.1. The van der Waals surface area contributed by atoms with Gasteiger partial charge in [-0.3, -0.25) is 9.59 Å². The van der Waals surface area contributed by atoms with E-state index in [1.165, 1.54) is 24.0 Å². The molecular formula is C19H19F3N2O2. The molecule has 26 heavy (non-hydrogen) atoms. The summed E-state index contributed by atoms with van der Waals surface area (Å²) in [5.74, 6) is -0.495. The van der Waals surface area contributed by atoms with Crippen molar-refractivity contribution in [2.45, 2.75) is 26.1 Å². The molecule has 0 heterocycles. The standard InChI is InChI=1S/C19H19F3N2O2/c1-13(25)24(2)12-15-6-4-8-17(10-15)23-18(26)11-14-5-3-7-16(9-14)19(20,21)22/h3-10H,11-12H2,1-2H3,(H,23,26). The van der Waals surface area contributed by atoms with E-state index in [9.17, 15) is 22.8 Å². The highest BCUT2D eigenvalue weighted by Gasteiger charge is 2.30. The van der Waals surface area contributed by atoms with Crippen LogP contribution in [0.2, 0.25) is 0 Å². The Hall–Kier alpha value is -2.83. The van der Waals surface area contributed by atoms with Crippen LogP contribution in [0, 0.1) is 0 Å². The minimum absolute atomic E-state index is 0.0796. The second-order valence-corrected chi connectivity index (χ2v) is 6.00. The third kappa shape index (κ3) is 5.61. The van der Waals surface area contributed by atoms with Gasteiger partial charge in [-0.05, 0) is 29.3 Å². The molecule has 4 nitrogen and oxygen atoms in total. The third-order valence-corrected chi connectivity index (χ3v) is 3.79. The van der Waals surface area contributed by atoms with Gasteiger partial charge in [-0.15, -0.1) is 0 Å². The molecule has 7 heteroatoms. The van der Waals surface area contributed by atoms with Crippen molar-refractivity contribution in [3.05, 3.63) is 65.2 Å². The maximum absolute atomic E-state index is 12.7. The van der Waals surface area contributed by atoms with Crippen LogP contribution >= 0.6 is 0 Å². The van der Waals surface area contributed by atoms with E-state index in [1.54, 1.807) is 25.2 Å². The fourth-order valence-corrected chi connectivity index (χ4v) is 2.38. The average Bonchev–Trinajstić information content (AvgIpc) is 2.54. The molecule has 0 saturated heterocycles. The summed E-state index contributed by atoms with van der Waals surface area (Å²) in [7, 11) is 1.67. The Balaban J connectivity index is 2.03. The molecule has 0 radical (unpaired) electrons. The number of halogens is 3. The number of carbonyl (C=O) groups is 2. The van der Waals surface area contributed by atoms with Crippen molar-refractivity contribution >= 4 is 17.5 Å². The average molecular weight is 364 g/mol. The lowest BCUT2D eigenvalue weighted by Gasteiger charge is -2.15. The number of amides is 2. The highest BCUT2D eigenvalue weighted by Crippen LogP contribution is 2.29. The highest BCUT2D eigenvalue weighted by atomic mass is 19.4. The smallest absolute Gasteiger partial charge is 0.342 e. The first-order valence-electron chi connectivity index (χ1n) is 7.92. The van der Waals surface area contributed by atoms with Gasteiger partial charge in [-0.1, -0.05) is 30.3 Å². The molecular weight excluding hydrogens is 345 g/mol. The van der Waals surface area contributed by atoms with Crippen LogP contribution in [0.3, 0.4) is 0 Å². The Morgan fingerprint density at radius 3 is 2.35 bits per heavy atom. The zero-order valence-electron chi connectivity index (χ0n) is 14.4. The van der Waals surface area contributed by atoms with E-state index < -0.39 is 17.6 Å². The van der Waals surface area contributed by atoms with Crippen LogP contribution in [0.5, 0.6) is 0 Å². The van der Waals surface area contributed by atoms with Crippen molar-refractivity contribution in [2.75, 3.05) is 12.4 Å². The Morgan fingerprint density at radius 1 is 1.04 bits per heavy atom. The maximum atomic E-state index is 12.7. The van der Waals surface area contributed by atoms with Crippen LogP contribution < -0.4 is 5.32 Å². The Bertz CT molecular complexity index is 803. The molecule has 0 aliphatic carbocycles. The molecule has 0 aliphatic heterocycles. The lowest BCUT2D eigenvalue weighted by molar-refractivity contribution is -0.137. The van der Waals surface area contributed by atoms with E-state index in [1.807, 2.05) is 6.07 Å². The van der Waals surface area contributed by atoms with Gasteiger partial charge < -0.3 is 10.2 Å². The number of alkyl halides is 3. The van der Waals surface area contributed by atoms with E-state index >= 15 is 0 Å². The first-order valence-corrected chi connectivity index (χ1v) is 7.92. The molecule has 2 aromatic carbocycles. The van der Waals surface area contributed by atoms with E-state index in [2.05, 4.69) is 5.32 Å². The molecule has 138 valence electrons. The van der Waals surface area contributed by atoms with Crippen LogP contribution in [-0.2, 0) is 28.7 Å². The summed E-state index contributed by atoms with van der Waals surface area (Å²) in [6, 6.07) is 11.7. The fourth-order valence-electron chi connectivity index (χ4n) is 2.38. The fraction of sp³-hybridized carbons (Fsp3) is 0.263. The summed E-state index contributed by atoms with van der Waals surface area (Å²) in [5, 5.41) is 2.67. The van der Waals surface area contributed by atoms with Gasteiger partial charge in [0.2, 0.25) is 11.8 Å². The molecule has 1 N–H and O–H groups in total. The summed E-state index contributed by atoms with van der Waals surface area (Å²) in [6.07, 6.45) is -4.61. The summed E-state index contributed by atoms with van der Waals surface area (Å²) in [6.45, 7) is 1.85. The normalized spacial score (nSPS) is 11.1. The summed E-state index contributed by atoms with van der Waals surface area (Å²) in [4.78, 5) is 24.9. The van der Waals surface area contributed by atoms with Gasteiger partial charge >= 0.3 is 6.18 Å². The molecule has 2 aromatic rings. The number of benzene rings is 2. The van der Waals surface area contributed by atoms with Gasteiger partial charge in [0, 0.05) is 26.2 Å². The number of hydrogen-bond acceptors (Lipinski definition) is 2. The van der Waals surface area contributed by atoms with Crippen molar-refractivity contribution < 1.29 is 22.8 Å². The number of carbonyl (C=O) groups excluding carboxylic acids is 2. The molecule has 2 amide bonds. The predicted octanol–water partition coefficient (Wildman–Crippen LogP) is 3.86. The summed E-state index contributed by atoms with van der Waals surface area (Å²) < 4.78 is 38.2. The molecule has 0 bridgehead atoms. The SMILES string of the molecule is CC(=O)N(C)Cc1cccc(NC(=O)Cc2cccc(C(F)(F)F)c2)c1. The van der Waals surface area contributed by atoms with Gasteiger partial charge in [0.05, 0.1) is 12.0 Å². The number of rotatable bonds is 5. The second-order valence-electron chi connectivity index (χ2n) is 6.00. The van der Waals surface area contributed by atoms with Crippen molar-refractivity contribution in [3.8, 4) is 0 Å². The maximum Gasteiger partial charge on any atom is 0.416 e. The number of nitrogens with zero attached hydrogens (tertiary/aromatic N) is 1. The van der Waals surface area contributed by atoms with Crippen LogP contribution in [0.25, 0.3) is 0 Å². The van der Waals surface area contributed by atoms with Gasteiger partial charge in [0.1, 0.15) is 0 Å². The Morgan fingerprint density at radius 2 is 1.69 bits per heavy atom. The quantitative estimate of drug-likeness (QED) is 0.876. The third-order valence-electron chi connectivity index (χ3n) is 3.79. The summed E-state index contributed by atoms with van der Waals surface area (Å²) >= 11 is 0. The Labute approximate surface area is 149 Å². The van der Waals surface area contributed by atoms with Crippen molar-refractivity contribution in [1.29, 1.82) is 0 Å². The van der Waals surface area contributed by atoms with Gasteiger partial charge in [0.15, 0.2) is 0 Å².